The zero-order valence-corrected chi connectivity index (χ0v) is 12.8. The van der Waals surface area contributed by atoms with Gasteiger partial charge in [0.1, 0.15) is 0 Å². The molecule has 0 atom stereocenters. The smallest absolute Gasteiger partial charge is 0.241 e. The molecule has 2 N–H and O–H groups in total. The highest BCUT2D eigenvalue weighted by Gasteiger charge is 2.26. The van der Waals surface area contributed by atoms with Crippen molar-refractivity contribution in [3.63, 3.8) is 0 Å². The van der Waals surface area contributed by atoms with E-state index in [2.05, 4.69) is 4.72 Å². The Hall–Kier alpha value is -0.910. The predicted molar refractivity (Wildman–Crippen MR) is 76.4 cm³/mol. The molecule has 0 fully saturated rings. The predicted octanol–water partition coefficient (Wildman–Crippen LogP) is 2.34. The van der Waals surface area contributed by atoms with E-state index in [1.165, 1.54) is 6.07 Å². The fraction of sp³-hybridized carbons (Fsp3) is 0.571. The highest BCUT2D eigenvalue weighted by atomic mass is 32.2. The molecule has 0 aliphatic rings. The zero-order valence-electron chi connectivity index (χ0n) is 12.0. The van der Waals surface area contributed by atoms with Gasteiger partial charge in [0.2, 0.25) is 10.0 Å². The molecule has 0 spiro atoms. The second-order valence-corrected chi connectivity index (χ2v) is 7.15. The second-order valence-electron chi connectivity index (χ2n) is 5.50. The van der Waals surface area contributed by atoms with Crippen molar-refractivity contribution in [3.8, 4) is 0 Å². The molecular formula is C14H23NO3S. The molecular weight excluding hydrogens is 262 g/mol. The third-order valence-corrected chi connectivity index (χ3v) is 4.85. The molecule has 0 bridgehead atoms. The monoisotopic (exact) mass is 285 g/mol. The van der Waals surface area contributed by atoms with Gasteiger partial charge in [-0.2, -0.15) is 0 Å². The molecule has 0 radical (unpaired) electrons. The highest BCUT2D eigenvalue weighted by Crippen LogP contribution is 2.21. The topological polar surface area (TPSA) is 66.4 Å². The highest BCUT2D eigenvalue weighted by molar-refractivity contribution is 7.89. The quantitative estimate of drug-likeness (QED) is 0.843. The van der Waals surface area contributed by atoms with E-state index >= 15 is 0 Å². The van der Waals surface area contributed by atoms with Crippen LogP contribution in [-0.4, -0.2) is 19.1 Å². The second kappa shape index (κ2) is 6.03. The molecule has 0 saturated carbocycles. The Labute approximate surface area is 115 Å². The van der Waals surface area contributed by atoms with Crippen molar-refractivity contribution in [2.75, 3.05) is 0 Å². The molecule has 0 amide bonds. The third-order valence-electron chi connectivity index (χ3n) is 3.01. The summed E-state index contributed by atoms with van der Waals surface area (Å²) in [5.74, 6) is 0. The molecule has 1 aromatic carbocycles. The summed E-state index contributed by atoms with van der Waals surface area (Å²) < 4.78 is 27.6. The van der Waals surface area contributed by atoms with Crippen LogP contribution in [0.25, 0.3) is 0 Å². The number of benzene rings is 1. The van der Waals surface area contributed by atoms with Crippen molar-refractivity contribution >= 4 is 10.0 Å². The summed E-state index contributed by atoms with van der Waals surface area (Å²) in [5.41, 5.74) is 0.797. The first-order chi connectivity index (χ1) is 8.72. The average molecular weight is 285 g/mol. The fourth-order valence-corrected chi connectivity index (χ4v) is 3.87. The zero-order chi connectivity index (χ0) is 14.7. The van der Waals surface area contributed by atoms with E-state index in [0.29, 0.717) is 11.1 Å². The molecule has 19 heavy (non-hydrogen) atoms. The van der Waals surface area contributed by atoms with Crippen LogP contribution in [0.2, 0.25) is 0 Å². The van der Waals surface area contributed by atoms with Crippen LogP contribution >= 0.6 is 0 Å². The van der Waals surface area contributed by atoms with Gasteiger partial charge in [-0.3, -0.25) is 0 Å². The molecule has 5 heteroatoms. The number of aryl methyl sites for hydroxylation is 1. The normalized spacial score (nSPS) is 12.7. The Morgan fingerprint density at radius 3 is 2.47 bits per heavy atom. The molecule has 0 aliphatic carbocycles. The van der Waals surface area contributed by atoms with Gasteiger partial charge in [0.25, 0.3) is 0 Å². The van der Waals surface area contributed by atoms with E-state index < -0.39 is 15.6 Å². The third kappa shape index (κ3) is 4.30. The molecule has 0 aliphatic heterocycles. The number of sulfonamides is 1. The van der Waals surface area contributed by atoms with Gasteiger partial charge in [-0.1, -0.05) is 25.5 Å². The summed E-state index contributed by atoms with van der Waals surface area (Å²) in [6.45, 7) is 7.36. The van der Waals surface area contributed by atoms with Crippen molar-refractivity contribution < 1.29 is 13.5 Å². The lowest BCUT2D eigenvalue weighted by Gasteiger charge is -2.26. The van der Waals surface area contributed by atoms with Gasteiger partial charge in [0, 0.05) is 5.54 Å². The Morgan fingerprint density at radius 2 is 1.95 bits per heavy atom. The van der Waals surface area contributed by atoms with E-state index in [1.807, 2.05) is 20.8 Å². The van der Waals surface area contributed by atoms with Crippen LogP contribution in [0, 0.1) is 6.92 Å². The van der Waals surface area contributed by atoms with Gasteiger partial charge < -0.3 is 5.11 Å². The maximum Gasteiger partial charge on any atom is 0.241 e. The van der Waals surface area contributed by atoms with E-state index in [9.17, 15) is 8.42 Å². The Kier molecular flexibility index (Phi) is 5.12. The molecule has 108 valence electrons. The Balaban J connectivity index is 3.13. The van der Waals surface area contributed by atoms with E-state index in [4.69, 9.17) is 5.11 Å². The van der Waals surface area contributed by atoms with Crippen molar-refractivity contribution in [1.29, 1.82) is 0 Å². The molecule has 0 saturated heterocycles. The minimum Gasteiger partial charge on any atom is -0.392 e. The molecule has 1 aromatic rings. The summed E-state index contributed by atoms with van der Waals surface area (Å²) in [6, 6.07) is 4.97. The lowest BCUT2D eigenvalue weighted by molar-refractivity contribution is 0.281. The van der Waals surface area contributed by atoms with Crippen LogP contribution in [0.1, 0.15) is 44.7 Å². The summed E-state index contributed by atoms with van der Waals surface area (Å²) in [7, 11) is -3.56. The Bertz CT molecular complexity index is 536. The summed E-state index contributed by atoms with van der Waals surface area (Å²) in [5, 5.41) is 9.12. The van der Waals surface area contributed by atoms with E-state index in [-0.39, 0.29) is 11.5 Å². The van der Waals surface area contributed by atoms with Crippen LogP contribution in [0.3, 0.4) is 0 Å². The lowest BCUT2D eigenvalue weighted by Crippen LogP contribution is -2.43. The number of hydrogen-bond donors (Lipinski definition) is 2. The van der Waals surface area contributed by atoms with E-state index in [0.717, 1.165) is 12.8 Å². The maximum absolute atomic E-state index is 12.4. The van der Waals surface area contributed by atoms with Gasteiger partial charge >= 0.3 is 0 Å². The standard InChI is InChI=1S/C14H23NO3S/c1-5-8-14(3,4)15-19(17,18)13-9-12(10-16)7-6-11(13)2/h6-7,9,15-16H,5,8,10H2,1-4H3. The van der Waals surface area contributed by atoms with Crippen LogP contribution in [0.15, 0.2) is 23.1 Å². The summed E-state index contributed by atoms with van der Waals surface area (Å²) in [4.78, 5) is 0.239. The molecule has 1 rings (SSSR count). The number of aliphatic hydroxyl groups excluding tert-OH is 1. The molecule has 0 unspecified atom stereocenters. The van der Waals surface area contributed by atoms with Gasteiger partial charge in [-0.05, 0) is 44.4 Å². The molecule has 0 aromatic heterocycles. The Morgan fingerprint density at radius 1 is 1.32 bits per heavy atom. The first-order valence-electron chi connectivity index (χ1n) is 6.46. The molecule has 0 heterocycles. The van der Waals surface area contributed by atoms with Gasteiger partial charge in [0.05, 0.1) is 11.5 Å². The number of aliphatic hydroxyl groups is 1. The van der Waals surface area contributed by atoms with Gasteiger partial charge in [-0.15, -0.1) is 0 Å². The first kappa shape index (κ1) is 16.1. The van der Waals surface area contributed by atoms with E-state index in [1.54, 1.807) is 19.1 Å². The fourth-order valence-electron chi connectivity index (χ4n) is 2.13. The number of rotatable bonds is 6. The van der Waals surface area contributed by atoms with Crippen LogP contribution in [0.5, 0.6) is 0 Å². The van der Waals surface area contributed by atoms with Crippen LogP contribution in [-0.2, 0) is 16.6 Å². The van der Waals surface area contributed by atoms with Crippen molar-refractivity contribution in [1.82, 2.24) is 4.72 Å². The van der Waals surface area contributed by atoms with Gasteiger partial charge in [-0.25, -0.2) is 13.1 Å². The summed E-state index contributed by atoms with van der Waals surface area (Å²) >= 11 is 0. The lowest BCUT2D eigenvalue weighted by atomic mass is 10.0. The average Bonchev–Trinajstić information content (AvgIpc) is 2.27. The van der Waals surface area contributed by atoms with Gasteiger partial charge in [0.15, 0.2) is 0 Å². The minimum atomic E-state index is -3.56. The number of hydrogen-bond acceptors (Lipinski definition) is 3. The van der Waals surface area contributed by atoms with Crippen molar-refractivity contribution in [2.24, 2.45) is 0 Å². The van der Waals surface area contributed by atoms with Crippen LogP contribution < -0.4 is 4.72 Å². The minimum absolute atomic E-state index is 0.166. The summed E-state index contributed by atoms with van der Waals surface area (Å²) in [6.07, 6.45) is 1.68. The first-order valence-corrected chi connectivity index (χ1v) is 7.94. The van der Waals surface area contributed by atoms with Crippen molar-refractivity contribution in [3.05, 3.63) is 29.3 Å². The van der Waals surface area contributed by atoms with Crippen LogP contribution in [0.4, 0.5) is 0 Å². The number of nitrogens with one attached hydrogen (secondary N) is 1. The van der Waals surface area contributed by atoms with Crippen molar-refractivity contribution in [2.45, 2.75) is 57.6 Å². The largest absolute Gasteiger partial charge is 0.392 e. The maximum atomic E-state index is 12.4. The SMILES string of the molecule is CCCC(C)(C)NS(=O)(=O)c1cc(CO)ccc1C. The molecule has 4 nitrogen and oxygen atoms in total.